The predicted molar refractivity (Wildman–Crippen MR) is 134 cm³/mol. The van der Waals surface area contributed by atoms with Crippen LogP contribution in [0.25, 0.3) is 22.8 Å². The number of methoxy groups -OCH3 is 2. The SMILES string of the molecule is COc1ccc(-c2noc(-c3cccc(NC(=O)C4CC(=O)N(c5ccccc5OC)C4)c3)n2)cc1. The minimum atomic E-state index is -0.490. The van der Waals surface area contributed by atoms with E-state index in [0.717, 1.165) is 11.3 Å². The minimum Gasteiger partial charge on any atom is -0.497 e. The van der Waals surface area contributed by atoms with Gasteiger partial charge in [0.05, 0.1) is 25.8 Å². The topological polar surface area (TPSA) is 107 Å². The number of hydrogen-bond donors (Lipinski definition) is 1. The maximum absolute atomic E-state index is 13.0. The average molecular weight is 485 g/mol. The third-order valence-electron chi connectivity index (χ3n) is 6.02. The average Bonchev–Trinajstić information content (AvgIpc) is 3.56. The third kappa shape index (κ3) is 4.63. The molecule has 1 N–H and O–H groups in total. The van der Waals surface area contributed by atoms with E-state index in [1.807, 2.05) is 48.5 Å². The lowest BCUT2D eigenvalue weighted by Gasteiger charge is -2.19. The number of hydrogen-bond acceptors (Lipinski definition) is 7. The Morgan fingerprint density at radius 2 is 1.81 bits per heavy atom. The molecular formula is C27H24N4O5. The first-order valence-corrected chi connectivity index (χ1v) is 11.4. The highest BCUT2D eigenvalue weighted by Gasteiger charge is 2.36. The van der Waals surface area contributed by atoms with E-state index in [1.54, 1.807) is 43.4 Å². The standard InChI is InChI=1S/C27H24N4O5/c1-34-21-12-10-17(11-13-21)25-29-27(36-30-25)18-6-5-7-20(14-18)28-26(33)19-15-24(32)31(16-19)22-8-3-4-9-23(22)35-2/h3-14,19H,15-16H2,1-2H3,(H,28,33). The number of ether oxygens (including phenoxy) is 2. The Kier molecular flexibility index (Phi) is 6.36. The Balaban J connectivity index is 1.28. The van der Waals surface area contributed by atoms with Gasteiger partial charge < -0.3 is 24.2 Å². The fraction of sp³-hybridized carbons (Fsp3) is 0.185. The minimum absolute atomic E-state index is 0.120. The smallest absolute Gasteiger partial charge is 0.258 e. The second-order valence-electron chi connectivity index (χ2n) is 8.30. The van der Waals surface area contributed by atoms with Gasteiger partial charge in [0.25, 0.3) is 5.89 Å². The molecule has 1 aliphatic heterocycles. The lowest BCUT2D eigenvalue weighted by atomic mass is 10.1. The van der Waals surface area contributed by atoms with E-state index >= 15 is 0 Å². The molecule has 1 aliphatic rings. The highest BCUT2D eigenvalue weighted by atomic mass is 16.5. The van der Waals surface area contributed by atoms with Crippen molar-refractivity contribution >= 4 is 23.2 Å². The van der Waals surface area contributed by atoms with Gasteiger partial charge in [0.2, 0.25) is 17.6 Å². The lowest BCUT2D eigenvalue weighted by molar-refractivity contribution is -0.122. The van der Waals surface area contributed by atoms with Crippen molar-refractivity contribution in [3.63, 3.8) is 0 Å². The number of nitrogens with zero attached hydrogens (tertiary/aromatic N) is 3. The van der Waals surface area contributed by atoms with Gasteiger partial charge in [-0.1, -0.05) is 23.4 Å². The molecule has 36 heavy (non-hydrogen) atoms. The molecule has 1 unspecified atom stereocenters. The van der Waals surface area contributed by atoms with Crippen molar-refractivity contribution in [1.29, 1.82) is 0 Å². The zero-order chi connectivity index (χ0) is 25.1. The molecule has 0 aliphatic carbocycles. The van der Waals surface area contributed by atoms with Crippen LogP contribution in [0.2, 0.25) is 0 Å². The van der Waals surface area contributed by atoms with E-state index in [2.05, 4.69) is 15.5 Å². The molecule has 4 aromatic rings. The van der Waals surface area contributed by atoms with E-state index in [4.69, 9.17) is 14.0 Å². The largest absolute Gasteiger partial charge is 0.497 e. The zero-order valence-electron chi connectivity index (χ0n) is 19.8. The molecule has 182 valence electrons. The van der Waals surface area contributed by atoms with Gasteiger partial charge in [-0.2, -0.15) is 4.98 Å². The fourth-order valence-electron chi connectivity index (χ4n) is 4.14. The molecule has 9 nitrogen and oxygen atoms in total. The number of carbonyl (C=O) groups is 2. The molecule has 1 atom stereocenters. The van der Waals surface area contributed by atoms with Crippen LogP contribution in [0.5, 0.6) is 11.5 Å². The van der Waals surface area contributed by atoms with Crippen molar-refractivity contribution in [2.75, 3.05) is 31.0 Å². The Bertz CT molecular complexity index is 1400. The van der Waals surface area contributed by atoms with Gasteiger partial charge in [-0.05, 0) is 54.6 Å². The zero-order valence-corrected chi connectivity index (χ0v) is 19.8. The Labute approximate surface area is 207 Å². The van der Waals surface area contributed by atoms with Gasteiger partial charge in [-0.3, -0.25) is 9.59 Å². The maximum atomic E-state index is 13.0. The first-order chi connectivity index (χ1) is 17.6. The van der Waals surface area contributed by atoms with Gasteiger partial charge in [0, 0.05) is 29.8 Å². The summed E-state index contributed by atoms with van der Waals surface area (Å²) in [5.74, 6) is 1.26. The Hall–Kier alpha value is -4.66. The molecule has 1 saturated heterocycles. The van der Waals surface area contributed by atoms with Crippen LogP contribution < -0.4 is 19.7 Å². The van der Waals surface area contributed by atoms with E-state index in [1.165, 1.54) is 0 Å². The summed E-state index contributed by atoms with van der Waals surface area (Å²) < 4.78 is 16.0. The summed E-state index contributed by atoms with van der Waals surface area (Å²) in [5.41, 5.74) is 2.69. The quantitative estimate of drug-likeness (QED) is 0.414. The van der Waals surface area contributed by atoms with Crippen molar-refractivity contribution in [2.45, 2.75) is 6.42 Å². The second-order valence-corrected chi connectivity index (χ2v) is 8.30. The first-order valence-electron chi connectivity index (χ1n) is 11.4. The molecule has 1 aromatic heterocycles. The summed E-state index contributed by atoms with van der Waals surface area (Å²) in [6, 6.07) is 21.8. The lowest BCUT2D eigenvalue weighted by Crippen LogP contribution is -2.28. The molecule has 9 heteroatoms. The van der Waals surface area contributed by atoms with E-state index < -0.39 is 5.92 Å². The molecule has 0 bridgehead atoms. The van der Waals surface area contributed by atoms with Crippen LogP contribution in [0.1, 0.15) is 6.42 Å². The van der Waals surface area contributed by atoms with Crippen LogP contribution in [0.4, 0.5) is 11.4 Å². The Morgan fingerprint density at radius 3 is 2.58 bits per heavy atom. The van der Waals surface area contributed by atoms with Crippen molar-refractivity contribution in [2.24, 2.45) is 5.92 Å². The summed E-state index contributed by atoms with van der Waals surface area (Å²) in [6.45, 7) is 0.277. The molecule has 2 amide bonds. The molecular weight excluding hydrogens is 460 g/mol. The normalized spacial score (nSPS) is 15.1. The summed E-state index contributed by atoms with van der Waals surface area (Å²) in [4.78, 5) is 31.7. The molecule has 0 saturated carbocycles. The van der Waals surface area contributed by atoms with Gasteiger partial charge in [0.1, 0.15) is 11.5 Å². The summed E-state index contributed by atoms with van der Waals surface area (Å²) in [5, 5.41) is 6.98. The molecule has 5 rings (SSSR count). The molecule has 3 aromatic carbocycles. The number of nitrogens with one attached hydrogen (secondary N) is 1. The van der Waals surface area contributed by atoms with Gasteiger partial charge >= 0.3 is 0 Å². The number of anilines is 2. The van der Waals surface area contributed by atoms with Crippen LogP contribution >= 0.6 is 0 Å². The summed E-state index contributed by atoms with van der Waals surface area (Å²) in [6.07, 6.45) is 0.123. The van der Waals surface area contributed by atoms with Gasteiger partial charge in [-0.15, -0.1) is 0 Å². The molecule has 1 fully saturated rings. The maximum Gasteiger partial charge on any atom is 0.258 e. The van der Waals surface area contributed by atoms with Crippen LogP contribution in [0, 0.1) is 5.92 Å². The summed E-state index contributed by atoms with van der Waals surface area (Å²) >= 11 is 0. The number of amides is 2. The van der Waals surface area contributed by atoms with Crippen LogP contribution in [-0.2, 0) is 9.59 Å². The number of rotatable bonds is 7. The number of aromatic nitrogens is 2. The molecule has 0 radical (unpaired) electrons. The first kappa shape index (κ1) is 23.1. The fourth-order valence-corrected chi connectivity index (χ4v) is 4.14. The second kappa shape index (κ2) is 9.91. The number of carbonyl (C=O) groups excluding carboxylic acids is 2. The highest BCUT2D eigenvalue weighted by Crippen LogP contribution is 2.33. The van der Waals surface area contributed by atoms with E-state index in [9.17, 15) is 9.59 Å². The number of benzene rings is 3. The molecule has 0 spiro atoms. The van der Waals surface area contributed by atoms with Crippen LogP contribution in [0.15, 0.2) is 77.3 Å². The van der Waals surface area contributed by atoms with Crippen LogP contribution in [-0.4, -0.2) is 42.7 Å². The van der Waals surface area contributed by atoms with E-state index in [-0.39, 0.29) is 24.8 Å². The van der Waals surface area contributed by atoms with Gasteiger partial charge in [0.15, 0.2) is 0 Å². The number of para-hydroxylation sites is 2. The van der Waals surface area contributed by atoms with Gasteiger partial charge in [-0.25, -0.2) is 0 Å². The summed E-state index contributed by atoms with van der Waals surface area (Å²) in [7, 11) is 3.16. The van der Waals surface area contributed by atoms with Crippen molar-refractivity contribution < 1.29 is 23.6 Å². The van der Waals surface area contributed by atoms with Crippen LogP contribution in [0.3, 0.4) is 0 Å². The Morgan fingerprint density at radius 1 is 1.00 bits per heavy atom. The van der Waals surface area contributed by atoms with E-state index in [0.29, 0.717) is 34.4 Å². The highest BCUT2D eigenvalue weighted by molar-refractivity contribution is 6.04. The third-order valence-corrected chi connectivity index (χ3v) is 6.02. The monoisotopic (exact) mass is 484 g/mol. The van der Waals surface area contributed by atoms with Crippen molar-refractivity contribution in [3.05, 3.63) is 72.8 Å². The van der Waals surface area contributed by atoms with Crippen molar-refractivity contribution in [3.8, 4) is 34.3 Å². The van der Waals surface area contributed by atoms with Crippen molar-refractivity contribution in [1.82, 2.24) is 10.1 Å². The molecule has 2 heterocycles. The predicted octanol–water partition coefficient (Wildman–Crippen LogP) is 4.41.